The molecule has 1 aromatic carbocycles. The molecular formula is C20H25N3O2. The van der Waals surface area contributed by atoms with Gasteiger partial charge < -0.3 is 4.57 Å². The number of non-ortho nitro benzene ring substituents is 1. The van der Waals surface area contributed by atoms with E-state index in [2.05, 4.69) is 29.5 Å². The van der Waals surface area contributed by atoms with E-state index in [1.54, 1.807) is 12.1 Å². The predicted octanol–water partition coefficient (Wildman–Crippen LogP) is 5.58. The molecule has 0 radical (unpaired) electrons. The largest absolute Gasteiger partial charge is 0.345 e. The highest BCUT2D eigenvalue weighted by Crippen LogP contribution is 2.32. The fraction of sp³-hybridized carbons (Fsp3) is 0.450. The zero-order valence-electron chi connectivity index (χ0n) is 15.2. The highest BCUT2D eigenvalue weighted by atomic mass is 16.6. The second-order valence-corrected chi connectivity index (χ2v) is 6.97. The average molecular weight is 339 g/mol. The number of nitro groups is 1. The first-order chi connectivity index (χ1) is 12.0. The molecule has 0 saturated heterocycles. The van der Waals surface area contributed by atoms with Gasteiger partial charge in [-0.15, -0.1) is 0 Å². The summed E-state index contributed by atoms with van der Waals surface area (Å²) < 4.78 is 2.46. The quantitative estimate of drug-likeness (QED) is 0.415. The van der Waals surface area contributed by atoms with Crippen molar-refractivity contribution >= 4 is 17.6 Å². The Balaban J connectivity index is 1.86. The summed E-state index contributed by atoms with van der Waals surface area (Å²) in [6, 6.07) is 7.58. The molecule has 1 heterocycles. The lowest BCUT2D eigenvalue weighted by molar-refractivity contribution is -0.384. The lowest BCUT2D eigenvalue weighted by Gasteiger charge is -2.26. The lowest BCUT2D eigenvalue weighted by Crippen LogP contribution is -2.15. The molecule has 2 aromatic rings. The van der Waals surface area contributed by atoms with Crippen molar-refractivity contribution in [2.45, 2.75) is 58.9 Å². The van der Waals surface area contributed by atoms with Gasteiger partial charge in [0.25, 0.3) is 5.69 Å². The van der Waals surface area contributed by atoms with Gasteiger partial charge in [0.2, 0.25) is 0 Å². The Hall–Kier alpha value is -2.43. The molecule has 1 aliphatic carbocycles. The van der Waals surface area contributed by atoms with Crippen molar-refractivity contribution < 1.29 is 4.92 Å². The Bertz CT molecular complexity index is 815. The van der Waals surface area contributed by atoms with E-state index < -0.39 is 0 Å². The fourth-order valence-corrected chi connectivity index (χ4v) is 3.87. The molecule has 0 atom stereocenters. The van der Waals surface area contributed by atoms with Crippen LogP contribution in [0.25, 0.3) is 0 Å². The summed E-state index contributed by atoms with van der Waals surface area (Å²) in [7, 11) is 0. The van der Waals surface area contributed by atoms with E-state index in [0.717, 1.165) is 16.8 Å². The number of aryl methyl sites for hydroxylation is 2. The summed E-state index contributed by atoms with van der Waals surface area (Å²) in [6.07, 6.45) is 8.38. The maximum Gasteiger partial charge on any atom is 0.269 e. The van der Waals surface area contributed by atoms with Crippen LogP contribution >= 0.6 is 0 Å². The third-order valence-electron chi connectivity index (χ3n) is 5.20. The van der Waals surface area contributed by atoms with Crippen LogP contribution in [0, 0.1) is 30.9 Å². The summed E-state index contributed by atoms with van der Waals surface area (Å²) in [5.74, 6) is 0. The van der Waals surface area contributed by atoms with Crippen molar-refractivity contribution in [1.82, 2.24) is 4.57 Å². The zero-order valence-corrected chi connectivity index (χ0v) is 15.2. The van der Waals surface area contributed by atoms with Gasteiger partial charge >= 0.3 is 0 Å². The van der Waals surface area contributed by atoms with Crippen molar-refractivity contribution in [2.24, 2.45) is 4.99 Å². The topological polar surface area (TPSA) is 60.4 Å². The average Bonchev–Trinajstić information content (AvgIpc) is 2.88. The Kier molecular flexibility index (Phi) is 5.02. The molecule has 132 valence electrons. The first kappa shape index (κ1) is 17.4. The van der Waals surface area contributed by atoms with Crippen molar-refractivity contribution in [2.75, 3.05) is 0 Å². The normalized spacial score (nSPS) is 15.8. The Morgan fingerprint density at radius 3 is 2.52 bits per heavy atom. The number of rotatable bonds is 4. The van der Waals surface area contributed by atoms with Crippen LogP contribution in [0.5, 0.6) is 0 Å². The smallest absolute Gasteiger partial charge is 0.269 e. The number of aromatic nitrogens is 1. The zero-order chi connectivity index (χ0) is 18.0. The molecule has 5 nitrogen and oxygen atoms in total. The lowest BCUT2D eigenvalue weighted by atomic mass is 9.95. The summed E-state index contributed by atoms with van der Waals surface area (Å²) in [6.45, 7) is 6.17. The standard InChI is InChI=1S/C20H25N3O2/c1-14-11-19(23(24)25)9-10-20(14)21-13-17-12-15(2)22(16(17)3)18-7-5-4-6-8-18/h9-13,18H,4-8H2,1-3H3. The predicted molar refractivity (Wildman–Crippen MR) is 101 cm³/mol. The first-order valence-corrected chi connectivity index (χ1v) is 8.95. The fourth-order valence-electron chi connectivity index (χ4n) is 3.87. The van der Waals surface area contributed by atoms with Crippen molar-refractivity contribution in [3.05, 3.63) is 56.9 Å². The molecular weight excluding hydrogens is 314 g/mol. The molecule has 5 heteroatoms. The van der Waals surface area contributed by atoms with Gasteiger partial charge in [-0.3, -0.25) is 15.1 Å². The molecule has 1 fully saturated rings. The maximum atomic E-state index is 10.8. The van der Waals surface area contributed by atoms with Crippen LogP contribution in [0.3, 0.4) is 0 Å². The molecule has 0 N–H and O–H groups in total. The van der Waals surface area contributed by atoms with Gasteiger partial charge in [0.15, 0.2) is 0 Å². The molecule has 0 unspecified atom stereocenters. The van der Waals surface area contributed by atoms with E-state index in [-0.39, 0.29) is 10.6 Å². The van der Waals surface area contributed by atoms with E-state index >= 15 is 0 Å². The maximum absolute atomic E-state index is 10.8. The second-order valence-electron chi connectivity index (χ2n) is 6.97. The molecule has 1 saturated carbocycles. The highest BCUT2D eigenvalue weighted by Gasteiger charge is 2.19. The van der Waals surface area contributed by atoms with E-state index in [0.29, 0.717) is 6.04 Å². The minimum Gasteiger partial charge on any atom is -0.345 e. The van der Waals surface area contributed by atoms with Crippen LogP contribution in [0.2, 0.25) is 0 Å². The van der Waals surface area contributed by atoms with Crippen LogP contribution < -0.4 is 0 Å². The van der Waals surface area contributed by atoms with Gasteiger partial charge in [-0.1, -0.05) is 19.3 Å². The van der Waals surface area contributed by atoms with Gasteiger partial charge in [0.05, 0.1) is 10.6 Å². The molecule has 0 aliphatic heterocycles. The first-order valence-electron chi connectivity index (χ1n) is 8.95. The Labute approximate surface area is 148 Å². The van der Waals surface area contributed by atoms with Gasteiger partial charge in [0.1, 0.15) is 0 Å². The van der Waals surface area contributed by atoms with Gasteiger partial charge in [-0.25, -0.2) is 0 Å². The van der Waals surface area contributed by atoms with Crippen LogP contribution in [0.15, 0.2) is 29.3 Å². The number of hydrogen-bond acceptors (Lipinski definition) is 3. The van der Waals surface area contributed by atoms with Crippen molar-refractivity contribution in [3.63, 3.8) is 0 Å². The van der Waals surface area contributed by atoms with Crippen molar-refractivity contribution in [3.8, 4) is 0 Å². The van der Waals surface area contributed by atoms with E-state index in [1.165, 1.54) is 49.6 Å². The molecule has 1 aromatic heterocycles. The van der Waals surface area contributed by atoms with Crippen LogP contribution in [0.4, 0.5) is 11.4 Å². The monoisotopic (exact) mass is 339 g/mol. The van der Waals surface area contributed by atoms with Gasteiger partial charge in [0, 0.05) is 41.3 Å². The van der Waals surface area contributed by atoms with E-state index in [9.17, 15) is 10.1 Å². The number of nitrogens with zero attached hydrogens (tertiary/aromatic N) is 3. The number of benzene rings is 1. The summed E-state index contributed by atoms with van der Waals surface area (Å²) >= 11 is 0. The molecule has 0 spiro atoms. The Morgan fingerprint density at radius 2 is 1.88 bits per heavy atom. The van der Waals surface area contributed by atoms with Crippen molar-refractivity contribution in [1.29, 1.82) is 0 Å². The van der Waals surface area contributed by atoms with Gasteiger partial charge in [-0.05, 0) is 51.3 Å². The highest BCUT2D eigenvalue weighted by molar-refractivity contribution is 5.84. The van der Waals surface area contributed by atoms with Crippen LogP contribution in [-0.4, -0.2) is 15.7 Å². The van der Waals surface area contributed by atoms with Crippen LogP contribution in [0.1, 0.15) is 60.7 Å². The number of nitro benzene ring substituents is 1. The van der Waals surface area contributed by atoms with Crippen LogP contribution in [-0.2, 0) is 0 Å². The minimum atomic E-state index is -0.377. The molecule has 1 aliphatic rings. The number of aliphatic imine (C=N–C) groups is 1. The summed E-state index contributed by atoms with van der Waals surface area (Å²) in [5.41, 5.74) is 5.35. The molecule has 0 amide bonds. The molecule has 0 bridgehead atoms. The third kappa shape index (κ3) is 3.65. The van der Waals surface area contributed by atoms with Gasteiger partial charge in [-0.2, -0.15) is 0 Å². The molecule has 3 rings (SSSR count). The SMILES string of the molecule is Cc1cc([N+](=O)[O-])ccc1N=Cc1cc(C)n(C2CCCCC2)c1C. The number of hydrogen-bond donors (Lipinski definition) is 0. The summed E-state index contributed by atoms with van der Waals surface area (Å²) in [4.78, 5) is 15.0. The second kappa shape index (κ2) is 7.21. The third-order valence-corrected chi connectivity index (χ3v) is 5.20. The molecule has 25 heavy (non-hydrogen) atoms. The van der Waals surface area contributed by atoms with E-state index in [4.69, 9.17) is 0 Å². The summed E-state index contributed by atoms with van der Waals surface area (Å²) in [5, 5.41) is 10.8. The minimum absolute atomic E-state index is 0.104. The van der Waals surface area contributed by atoms with E-state index in [1.807, 2.05) is 13.1 Å². The Morgan fingerprint density at radius 1 is 1.16 bits per heavy atom.